The second-order valence-electron chi connectivity index (χ2n) is 5.11. The minimum Gasteiger partial charge on any atom is -0.444 e. The normalized spacial score (nSPS) is 11.7. The Morgan fingerprint density at radius 2 is 1.87 bits per heavy atom. The van der Waals surface area contributed by atoms with E-state index in [1.54, 1.807) is 12.1 Å². The number of hydrogen-bond donors (Lipinski definition) is 2. The van der Waals surface area contributed by atoms with E-state index in [4.69, 9.17) is 4.42 Å². The van der Waals surface area contributed by atoms with Crippen molar-refractivity contribution in [3.8, 4) is 0 Å². The molecule has 122 valence electrons. The summed E-state index contributed by atoms with van der Waals surface area (Å²) in [4.78, 5) is 23.6. The average Bonchev–Trinajstić information content (AvgIpc) is 3.01. The molecule has 2 aromatic rings. The minimum atomic E-state index is -0.416. The molecular formula is C17H19BrN2O3. The van der Waals surface area contributed by atoms with Crippen LogP contribution in [0.5, 0.6) is 0 Å². The fraction of sp³-hybridized carbons (Fsp3) is 0.294. The summed E-state index contributed by atoms with van der Waals surface area (Å²) in [5, 5.41) is 5.38. The first-order chi connectivity index (χ1) is 11.1. The zero-order valence-corrected chi connectivity index (χ0v) is 14.4. The molecule has 0 radical (unpaired) electrons. The predicted octanol–water partition coefficient (Wildman–Crippen LogP) is 3.08. The van der Waals surface area contributed by atoms with Crippen molar-refractivity contribution < 1.29 is 14.0 Å². The fourth-order valence-corrected chi connectivity index (χ4v) is 2.51. The van der Waals surface area contributed by atoms with E-state index in [9.17, 15) is 9.59 Å². The Bertz CT molecular complexity index is 655. The lowest BCUT2D eigenvalue weighted by molar-refractivity contribution is -0.120. The van der Waals surface area contributed by atoms with Gasteiger partial charge in [0, 0.05) is 12.5 Å². The van der Waals surface area contributed by atoms with E-state index in [1.807, 2.05) is 18.2 Å². The molecule has 1 heterocycles. The molecule has 1 aromatic carbocycles. The molecule has 1 atom stereocenters. The predicted molar refractivity (Wildman–Crippen MR) is 91.2 cm³/mol. The SMILES string of the molecule is CC[C@@H](CNC(=O)CNC(=O)c1ccc(Br)o1)c1ccccc1. The third-order valence-electron chi connectivity index (χ3n) is 3.52. The quantitative estimate of drug-likeness (QED) is 0.777. The Morgan fingerprint density at radius 3 is 2.48 bits per heavy atom. The number of hydrogen-bond acceptors (Lipinski definition) is 3. The molecule has 0 aliphatic carbocycles. The van der Waals surface area contributed by atoms with Gasteiger partial charge in [0.25, 0.3) is 5.91 Å². The molecule has 6 heteroatoms. The summed E-state index contributed by atoms with van der Waals surface area (Å²) in [5.74, 6) is -0.212. The Morgan fingerprint density at radius 1 is 1.13 bits per heavy atom. The van der Waals surface area contributed by atoms with Gasteiger partial charge in [-0.3, -0.25) is 9.59 Å². The van der Waals surface area contributed by atoms with Gasteiger partial charge in [0.1, 0.15) is 0 Å². The van der Waals surface area contributed by atoms with E-state index in [-0.39, 0.29) is 24.1 Å². The highest BCUT2D eigenvalue weighted by Crippen LogP contribution is 2.17. The smallest absolute Gasteiger partial charge is 0.287 e. The summed E-state index contributed by atoms with van der Waals surface area (Å²) in [7, 11) is 0. The van der Waals surface area contributed by atoms with Gasteiger partial charge < -0.3 is 15.1 Å². The first-order valence-electron chi connectivity index (χ1n) is 7.45. The number of benzene rings is 1. The van der Waals surface area contributed by atoms with E-state index < -0.39 is 5.91 Å². The zero-order valence-electron chi connectivity index (χ0n) is 12.8. The van der Waals surface area contributed by atoms with E-state index in [1.165, 1.54) is 5.56 Å². The molecule has 0 aliphatic heterocycles. The standard InChI is InChI=1S/C17H19BrN2O3/c1-2-12(13-6-4-3-5-7-13)10-19-16(21)11-20-17(22)14-8-9-15(18)23-14/h3-9,12H,2,10-11H2,1H3,(H,19,21)(H,20,22)/t12-/m0/s1. The van der Waals surface area contributed by atoms with E-state index in [0.29, 0.717) is 11.2 Å². The molecule has 2 amide bonds. The number of nitrogens with one attached hydrogen (secondary N) is 2. The third-order valence-corrected chi connectivity index (χ3v) is 3.94. The summed E-state index contributed by atoms with van der Waals surface area (Å²) >= 11 is 3.13. The summed E-state index contributed by atoms with van der Waals surface area (Å²) in [6, 6.07) is 13.2. The molecule has 5 nitrogen and oxygen atoms in total. The Balaban J connectivity index is 1.77. The molecule has 0 saturated carbocycles. The number of amides is 2. The summed E-state index contributed by atoms with van der Waals surface area (Å²) in [5.41, 5.74) is 1.19. The number of rotatable bonds is 7. The number of carbonyl (C=O) groups is 2. The largest absolute Gasteiger partial charge is 0.444 e. The molecule has 1 aromatic heterocycles. The van der Waals surface area contributed by atoms with Crippen molar-refractivity contribution in [2.45, 2.75) is 19.3 Å². The van der Waals surface area contributed by atoms with Crippen LogP contribution in [0.1, 0.15) is 35.4 Å². The van der Waals surface area contributed by atoms with Crippen LogP contribution in [0.4, 0.5) is 0 Å². The maximum absolute atomic E-state index is 11.9. The molecule has 0 saturated heterocycles. The Hall–Kier alpha value is -2.08. The van der Waals surface area contributed by atoms with Crippen LogP contribution in [0.25, 0.3) is 0 Å². The highest BCUT2D eigenvalue weighted by atomic mass is 79.9. The van der Waals surface area contributed by atoms with Crippen LogP contribution in [-0.4, -0.2) is 24.9 Å². The molecule has 23 heavy (non-hydrogen) atoms. The van der Waals surface area contributed by atoms with Crippen LogP contribution in [0.15, 0.2) is 51.6 Å². The van der Waals surface area contributed by atoms with Crippen molar-refractivity contribution in [3.63, 3.8) is 0 Å². The van der Waals surface area contributed by atoms with E-state index in [0.717, 1.165) is 6.42 Å². The number of carbonyl (C=O) groups excluding carboxylic acids is 2. The third kappa shape index (κ3) is 5.25. The van der Waals surface area contributed by atoms with Crippen LogP contribution in [0, 0.1) is 0 Å². The van der Waals surface area contributed by atoms with Gasteiger partial charge in [-0.1, -0.05) is 37.3 Å². The monoisotopic (exact) mass is 378 g/mol. The van der Waals surface area contributed by atoms with Crippen LogP contribution in [-0.2, 0) is 4.79 Å². The molecule has 0 spiro atoms. The topological polar surface area (TPSA) is 71.3 Å². The fourth-order valence-electron chi connectivity index (χ4n) is 2.21. The van der Waals surface area contributed by atoms with Gasteiger partial charge in [0.05, 0.1) is 6.54 Å². The van der Waals surface area contributed by atoms with Crippen LogP contribution >= 0.6 is 15.9 Å². The zero-order chi connectivity index (χ0) is 16.7. The minimum absolute atomic E-state index is 0.0810. The summed E-state index contributed by atoms with van der Waals surface area (Å²) in [6.45, 7) is 2.55. The maximum Gasteiger partial charge on any atom is 0.287 e. The van der Waals surface area contributed by atoms with Crippen molar-refractivity contribution in [2.75, 3.05) is 13.1 Å². The molecule has 0 bridgehead atoms. The summed E-state index contributed by atoms with van der Waals surface area (Å²) < 4.78 is 5.60. The number of halogens is 1. The lowest BCUT2D eigenvalue weighted by Crippen LogP contribution is -2.38. The van der Waals surface area contributed by atoms with Crippen molar-refractivity contribution in [2.24, 2.45) is 0 Å². The average molecular weight is 379 g/mol. The Kier molecular flexibility index (Phi) is 6.40. The lowest BCUT2D eigenvalue weighted by atomic mass is 9.96. The van der Waals surface area contributed by atoms with E-state index in [2.05, 4.69) is 45.6 Å². The first kappa shape index (κ1) is 17.3. The van der Waals surface area contributed by atoms with Crippen molar-refractivity contribution >= 4 is 27.7 Å². The van der Waals surface area contributed by atoms with Gasteiger partial charge in [0.15, 0.2) is 10.4 Å². The second kappa shape index (κ2) is 8.53. The lowest BCUT2D eigenvalue weighted by Gasteiger charge is -2.16. The van der Waals surface area contributed by atoms with E-state index >= 15 is 0 Å². The van der Waals surface area contributed by atoms with Gasteiger partial charge in [-0.2, -0.15) is 0 Å². The number of furan rings is 1. The van der Waals surface area contributed by atoms with Gasteiger partial charge in [-0.15, -0.1) is 0 Å². The molecule has 0 fully saturated rings. The highest BCUT2D eigenvalue weighted by Gasteiger charge is 2.13. The first-order valence-corrected chi connectivity index (χ1v) is 8.24. The van der Waals surface area contributed by atoms with Gasteiger partial charge in [-0.05, 0) is 40.0 Å². The van der Waals surface area contributed by atoms with Crippen molar-refractivity contribution in [1.29, 1.82) is 0 Å². The molecule has 0 aliphatic rings. The van der Waals surface area contributed by atoms with Gasteiger partial charge in [-0.25, -0.2) is 0 Å². The molecule has 2 rings (SSSR count). The summed E-state index contributed by atoms with van der Waals surface area (Å²) in [6.07, 6.45) is 0.928. The molecular weight excluding hydrogens is 360 g/mol. The highest BCUT2D eigenvalue weighted by molar-refractivity contribution is 9.10. The molecule has 2 N–H and O–H groups in total. The molecule has 0 unspecified atom stereocenters. The van der Waals surface area contributed by atoms with Crippen LogP contribution in [0.2, 0.25) is 0 Å². The van der Waals surface area contributed by atoms with Crippen molar-refractivity contribution in [3.05, 3.63) is 58.5 Å². The Labute approximate surface area is 143 Å². The second-order valence-corrected chi connectivity index (χ2v) is 5.89. The van der Waals surface area contributed by atoms with Gasteiger partial charge in [0.2, 0.25) is 5.91 Å². The van der Waals surface area contributed by atoms with Crippen LogP contribution in [0.3, 0.4) is 0 Å². The van der Waals surface area contributed by atoms with Crippen molar-refractivity contribution in [1.82, 2.24) is 10.6 Å². The maximum atomic E-state index is 11.9. The van der Waals surface area contributed by atoms with Crippen LogP contribution < -0.4 is 10.6 Å². The van der Waals surface area contributed by atoms with Gasteiger partial charge >= 0.3 is 0 Å².